The number of carbonyl (C=O) groups is 2. The van der Waals surface area contributed by atoms with Gasteiger partial charge in [-0.25, -0.2) is 4.57 Å². The van der Waals surface area contributed by atoms with Crippen LogP contribution in [0.3, 0.4) is 0 Å². The van der Waals surface area contributed by atoms with Crippen molar-refractivity contribution in [3.05, 3.63) is 48.6 Å². The summed E-state index contributed by atoms with van der Waals surface area (Å²) in [4.78, 5) is 42.8. The topological polar surface area (TPSA) is 140 Å². The van der Waals surface area contributed by atoms with Gasteiger partial charge in [0, 0.05) is 12.8 Å². The standard InChI is InChI=1S/C44H79O9P/c1-4-40(2)34-30-26-22-18-14-10-8-9-13-17-21-25-29-33-37-44(47)53-42(39-52-54(48,49)50)38-51-43(46)36-32-28-24-20-16-12-7-5-6-11-15-19-23-27-31-35-41(3)45/h6-7,11-12,19-20,23-24,40-42,45H,4-5,8-10,13-18,21-22,25-39H2,1-3H3,(H2,48,49,50)/b11-6-,12-7-,23-19-,24-20-/t40?,41-,42-/m1/s1. The van der Waals surface area contributed by atoms with Crippen molar-refractivity contribution in [2.45, 2.75) is 200 Å². The Bertz CT molecular complexity index is 1050. The number of carbonyl (C=O) groups excluding carboxylic acids is 2. The summed E-state index contributed by atoms with van der Waals surface area (Å²) in [5.74, 6) is -0.0889. The first-order valence-electron chi connectivity index (χ1n) is 21.4. The SMILES string of the molecule is CCC(C)CCCCCCCCCCCCCCCCC(=O)O[C@H](COC(=O)CCC/C=C\C/C=C\C/C=C\C/C=C\CCC[C@@H](C)O)COP(=O)(O)O. The van der Waals surface area contributed by atoms with Gasteiger partial charge in [0.1, 0.15) is 6.61 Å². The van der Waals surface area contributed by atoms with E-state index in [4.69, 9.17) is 19.3 Å². The van der Waals surface area contributed by atoms with Gasteiger partial charge in [-0.3, -0.25) is 14.1 Å². The van der Waals surface area contributed by atoms with Crippen LogP contribution in [0.2, 0.25) is 0 Å². The molecule has 0 aliphatic rings. The number of aliphatic hydroxyl groups is 1. The Kier molecular flexibility index (Phi) is 36.4. The normalized spacial score (nSPS) is 14.1. The zero-order valence-electron chi connectivity index (χ0n) is 34.4. The molecule has 0 bridgehead atoms. The van der Waals surface area contributed by atoms with Crippen molar-refractivity contribution in [1.29, 1.82) is 0 Å². The van der Waals surface area contributed by atoms with E-state index in [1.807, 2.05) is 13.0 Å². The van der Waals surface area contributed by atoms with Crippen LogP contribution in [0, 0.1) is 5.92 Å². The minimum Gasteiger partial charge on any atom is -0.462 e. The maximum Gasteiger partial charge on any atom is 0.469 e. The molecular weight excluding hydrogens is 703 g/mol. The molecule has 0 aromatic rings. The molecule has 0 spiro atoms. The maximum absolute atomic E-state index is 12.4. The molecule has 0 rings (SSSR count). The summed E-state index contributed by atoms with van der Waals surface area (Å²) in [6.45, 7) is 5.57. The van der Waals surface area contributed by atoms with Crippen molar-refractivity contribution in [3.8, 4) is 0 Å². The molecule has 1 unspecified atom stereocenters. The van der Waals surface area contributed by atoms with Gasteiger partial charge in [-0.15, -0.1) is 0 Å². The zero-order chi connectivity index (χ0) is 40.0. The van der Waals surface area contributed by atoms with Crippen LogP contribution in [-0.4, -0.2) is 52.3 Å². The van der Waals surface area contributed by atoms with Crippen LogP contribution in [0.25, 0.3) is 0 Å². The predicted molar refractivity (Wildman–Crippen MR) is 222 cm³/mol. The molecule has 0 radical (unpaired) electrons. The highest BCUT2D eigenvalue weighted by molar-refractivity contribution is 7.46. The second-order valence-electron chi connectivity index (χ2n) is 14.8. The van der Waals surface area contributed by atoms with Crippen molar-refractivity contribution in [3.63, 3.8) is 0 Å². The lowest BCUT2D eigenvalue weighted by Crippen LogP contribution is -2.29. The highest BCUT2D eigenvalue weighted by Crippen LogP contribution is 2.36. The first-order valence-corrected chi connectivity index (χ1v) is 22.9. The molecule has 3 atom stereocenters. The van der Waals surface area contributed by atoms with Crippen LogP contribution in [0.5, 0.6) is 0 Å². The quantitative estimate of drug-likeness (QED) is 0.0242. The highest BCUT2D eigenvalue weighted by Gasteiger charge is 2.22. The third-order valence-electron chi connectivity index (χ3n) is 9.41. The van der Waals surface area contributed by atoms with Crippen molar-refractivity contribution in [2.24, 2.45) is 5.92 Å². The number of phosphoric acid groups is 1. The van der Waals surface area contributed by atoms with Crippen LogP contribution in [0.15, 0.2) is 48.6 Å². The van der Waals surface area contributed by atoms with Gasteiger partial charge >= 0.3 is 19.8 Å². The van der Waals surface area contributed by atoms with E-state index in [1.165, 1.54) is 77.0 Å². The van der Waals surface area contributed by atoms with Gasteiger partial charge in [0.05, 0.1) is 12.7 Å². The first kappa shape index (κ1) is 52.0. The van der Waals surface area contributed by atoms with Crippen LogP contribution < -0.4 is 0 Å². The lowest BCUT2D eigenvalue weighted by molar-refractivity contribution is -0.161. The fraction of sp³-hybridized carbons (Fsp3) is 0.773. The predicted octanol–water partition coefficient (Wildman–Crippen LogP) is 12.0. The number of unbranched alkanes of at least 4 members (excludes halogenated alkanes) is 15. The van der Waals surface area contributed by atoms with Gasteiger partial charge < -0.3 is 24.4 Å². The molecule has 0 amide bonds. The monoisotopic (exact) mass is 783 g/mol. The Morgan fingerprint density at radius 3 is 1.50 bits per heavy atom. The van der Waals surface area contributed by atoms with E-state index in [-0.39, 0.29) is 25.6 Å². The molecule has 0 saturated heterocycles. The summed E-state index contributed by atoms with van der Waals surface area (Å²) < 4.78 is 26.3. The molecule has 0 heterocycles. The second-order valence-corrected chi connectivity index (χ2v) is 16.1. The lowest BCUT2D eigenvalue weighted by Gasteiger charge is -2.18. The van der Waals surface area contributed by atoms with E-state index in [9.17, 15) is 19.3 Å². The Balaban J connectivity index is 4.00. The summed E-state index contributed by atoms with van der Waals surface area (Å²) in [7, 11) is -4.77. The summed E-state index contributed by atoms with van der Waals surface area (Å²) in [5, 5.41) is 9.25. The van der Waals surface area contributed by atoms with Gasteiger partial charge in [0.15, 0.2) is 6.10 Å². The largest absolute Gasteiger partial charge is 0.469 e. The molecule has 9 nitrogen and oxygen atoms in total. The fourth-order valence-electron chi connectivity index (χ4n) is 5.83. The molecule has 0 aliphatic heterocycles. The Hall–Kier alpha value is -2.03. The third-order valence-corrected chi connectivity index (χ3v) is 9.89. The van der Waals surface area contributed by atoms with Crippen molar-refractivity contribution < 1.29 is 43.0 Å². The van der Waals surface area contributed by atoms with Gasteiger partial charge in [-0.05, 0) is 70.6 Å². The molecule has 0 fully saturated rings. The Labute approximate surface area is 329 Å². The van der Waals surface area contributed by atoms with Crippen LogP contribution >= 0.6 is 7.82 Å². The molecule has 3 N–H and O–H groups in total. The summed E-state index contributed by atoms with van der Waals surface area (Å²) in [5.41, 5.74) is 0. The Morgan fingerprint density at radius 2 is 1.02 bits per heavy atom. The molecule has 0 saturated carbocycles. The minimum absolute atomic E-state index is 0.179. The van der Waals surface area contributed by atoms with E-state index in [0.29, 0.717) is 19.3 Å². The minimum atomic E-state index is -4.77. The maximum atomic E-state index is 12.4. The summed E-state index contributed by atoms with van der Waals surface area (Å²) in [6, 6.07) is 0. The van der Waals surface area contributed by atoms with Crippen LogP contribution in [0.1, 0.15) is 188 Å². The van der Waals surface area contributed by atoms with E-state index in [1.54, 1.807) is 0 Å². The van der Waals surface area contributed by atoms with Crippen LogP contribution in [0.4, 0.5) is 0 Å². The molecule has 10 heteroatoms. The van der Waals surface area contributed by atoms with Crippen molar-refractivity contribution >= 4 is 19.8 Å². The number of aliphatic hydroxyl groups excluding tert-OH is 1. The second kappa shape index (κ2) is 37.9. The lowest BCUT2D eigenvalue weighted by atomic mass is 9.99. The number of hydrogen-bond acceptors (Lipinski definition) is 7. The van der Waals surface area contributed by atoms with E-state index in [2.05, 4.69) is 60.9 Å². The number of hydrogen-bond donors (Lipinski definition) is 3. The Morgan fingerprint density at radius 1 is 0.574 bits per heavy atom. The smallest absolute Gasteiger partial charge is 0.462 e. The van der Waals surface area contributed by atoms with Crippen molar-refractivity contribution in [1.82, 2.24) is 0 Å². The molecular formula is C44H79O9P. The van der Waals surface area contributed by atoms with E-state index >= 15 is 0 Å². The zero-order valence-corrected chi connectivity index (χ0v) is 35.3. The van der Waals surface area contributed by atoms with Crippen molar-refractivity contribution in [2.75, 3.05) is 13.2 Å². The number of esters is 2. The molecule has 0 aromatic heterocycles. The average Bonchev–Trinajstić information content (AvgIpc) is 3.13. The van der Waals surface area contributed by atoms with E-state index < -0.39 is 32.5 Å². The molecule has 314 valence electrons. The molecule has 0 aliphatic carbocycles. The van der Waals surface area contributed by atoms with Gasteiger partial charge in [-0.1, -0.05) is 159 Å². The van der Waals surface area contributed by atoms with Crippen LogP contribution in [-0.2, 0) is 28.2 Å². The number of rotatable bonds is 38. The number of allylic oxidation sites excluding steroid dienone is 8. The molecule has 54 heavy (non-hydrogen) atoms. The number of phosphoric ester groups is 1. The third kappa shape index (κ3) is 41.1. The fourth-order valence-corrected chi connectivity index (χ4v) is 6.19. The average molecular weight is 783 g/mol. The van der Waals surface area contributed by atoms with Gasteiger partial charge in [-0.2, -0.15) is 0 Å². The van der Waals surface area contributed by atoms with Gasteiger partial charge in [0.25, 0.3) is 0 Å². The number of ether oxygens (including phenoxy) is 2. The molecule has 0 aromatic carbocycles. The summed E-state index contributed by atoms with van der Waals surface area (Å²) in [6.07, 6.45) is 42.5. The van der Waals surface area contributed by atoms with Gasteiger partial charge in [0.2, 0.25) is 0 Å². The highest BCUT2D eigenvalue weighted by atomic mass is 31.2. The first-order chi connectivity index (χ1) is 26.0. The summed E-state index contributed by atoms with van der Waals surface area (Å²) >= 11 is 0. The van der Waals surface area contributed by atoms with E-state index in [0.717, 1.165) is 63.7 Å².